The molecule has 232 valence electrons. The van der Waals surface area contributed by atoms with E-state index in [0.29, 0.717) is 5.95 Å². The fourth-order valence-corrected chi connectivity index (χ4v) is 7.23. The Morgan fingerprint density at radius 3 is 1.70 bits per heavy atom. The van der Waals surface area contributed by atoms with E-state index in [2.05, 4.69) is 107 Å². The number of hydrogen-bond donors (Lipinski definition) is 2. The molecule has 3 heterocycles. The molecule has 3 aliphatic rings. The lowest BCUT2D eigenvalue weighted by atomic mass is 9.66. The third-order valence-electron chi connectivity index (χ3n) is 10.0. The van der Waals surface area contributed by atoms with Gasteiger partial charge in [-0.25, -0.2) is 0 Å². The lowest BCUT2D eigenvalue weighted by Crippen LogP contribution is -2.54. The van der Waals surface area contributed by atoms with E-state index in [1.165, 1.54) is 62.7 Å². The standard InChI is InChI=1S/C30H41N7.C5H11N/c1-31-26-32-27(34-28(33-26)37-22-12-7-13-23-37)36(4)30(25-16-10-6-11-17-25)20-18-29(19-21-30,35(2)3)24-14-8-5-9-15-24;1-2-4-6-5-3-1/h5-6,8-11,14-17H,7,12-13,18-23H2,1-4H3,(H,31,32,33,34);6H,1-5H2. The van der Waals surface area contributed by atoms with Crippen molar-refractivity contribution in [2.24, 2.45) is 0 Å². The van der Waals surface area contributed by atoms with Gasteiger partial charge in [0, 0.05) is 32.7 Å². The van der Waals surface area contributed by atoms with E-state index in [1.807, 2.05) is 7.05 Å². The fourth-order valence-electron chi connectivity index (χ4n) is 7.23. The first-order valence-corrected chi connectivity index (χ1v) is 16.4. The Kier molecular flexibility index (Phi) is 10.5. The molecule has 1 aromatic heterocycles. The van der Waals surface area contributed by atoms with Gasteiger partial charge in [-0.1, -0.05) is 67.1 Å². The Morgan fingerprint density at radius 1 is 0.674 bits per heavy atom. The van der Waals surface area contributed by atoms with Crippen LogP contribution < -0.4 is 20.4 Å². The topological polar surface area (TPSA) is 72.5 Å². The molecular formula is C35H52N8. The molecule has 0 unspecified atom stereocenters. The summed E-state index contributed by atoms with van der Waals surface area (Å²) in [5, 5.41) is 6.47. The van der Waals surface area contributed by atoms with Gasteiger partial charge in [0.15, 0.2) is 0 Å². The molecule has 2 N–H and O–H groups in total. The number of nitrogens with zero attached hydrogens (tertiary/aromatic N) is 6. The number of anilines is 3. The lowest BCUT2D eigenvalue weighted by Gasteiger charge is -2.53. The molecule has 2 aliphatic heterocycles. The number of benzene rings is 2. The molecule has 3 fully saturated rings. The molecule has 8 nitrogen and oxygen atoms in total. The molecule has 1 aliphatic carbocycles. The van der Waals surface area contributed by atoms with Gasteiger partial charge in [0.2, 0.25) is 17.8 Å². The molecule has 1 saturated carbocycles. The van der Waals surface area contributed by atoms with Gasteiger partial charge in [0.05, 0.1) is 5.54 Å². The smallest absolute Gasteiger partial charge is 0.232 e. The first-order chi connectivity index (χ1) is 21.0. The van der Waals surface area contributed by atoms with Crippen molar-refractivity contribution in [1.82, 2.24) is 25.2 Å². The van der Waals surface area contributed by atoms with Gasteiger partial charge in [-0.15, -0.1) is 0 Å². The predicted octanol–water partition coefficient (Wildman–Crippen LogP) is 6.03. The highest BCUT2D eigenvalue weighted by Gasteiger charge is 2.48. The van der Waals surface area contributed by atoms with Crippen molar-refractivity contribution in [2.45, 2.75) is 75.3 Å². The van der Waals surface area contributed by atoms with E-state index in [1.54, 1.807) is 0 Å². The Morgan fingerprint density at radius 2 is 1.21 bits per heavy atom. The summed E-state index contributed by atoms with van der Waals surface area (Å²) in [6.45, 7) is 4.51. The Balaban J connectivity index is 0.000000548. The van der Waals surface area contributed by atoms with Crippen LogP contribution in [0.25, 0.3) is 0 Å². The Bertz CT molecular complexity index is 1240. The summed E-state index contributed by atoms with van der Waals surface area (Å²) >= 11 is 0. The molecule has 8 heteroatoms. The van der Waals surface area contributed by atoms with Crippen molar-refractivity contribution in [3.63, 3.8) is 0 Å². The zero-order valence-corrected chi connectivity index (χ0v) is 26.9. The van der Waals surface area contributed by atoms with Crippen LogP contribution in [0, 0.1) is 0 Å². The van der Waals surface area contributed by atoms with Gasteiger partial charge in [-0.3, -0.25) is 4.90 Å². The number of hydrogen-bond acceptors (Lipinski definition) is 8. The van der Waals surface area contributed by atoms with Crippen LogP contribution in [0.4, 0.5) is 17.8 Å². The van der Waals surface area contributed by atoms with Crippen LogP contribution in [-0.2, 0) is 11.1 Å². The second-order valence-corrected chi connectivity index (χ2v) is 12.6. The first-order valence-electron chi connectivity index (χ1n) is 16.4. The summed E-state index contributed by atoms with van der Waals surface area (Å²) < 4.78 is 0. The SMILES string of the molecule is C1CCNCC1.CNc1nc(N2CCCCC2)nc(N(C)C2(c3ccccc3)CCC(c3ccccc3)(N(C)C)CC2)n1. The van der Waals surface area contributed by atoms with Crippen molar-refractivity contribution in [1.29, 1.82) is 0 Å². The molecule has 6 rings (SSSR count). The summed E-state index contributed by atoms with van der Waals surface area (Å²) in [4.78, 5) is 21.8. The Labute approximate surface area is 259 Å². The lowest BCUT2D eigenvalue weighted by molar-refractivity contribution is 0.0642. The predicted molar refractivity (Wildman–Crippen MR) is 179 cm³/mol. The number of nitrogens with one attached hydrogen (secondary N) is 2. The van der Waals surface area contributed by atoms with Gasteiger partial charge in [-0.05, 0) is 96.1 Å². The molecule has 0 atom stereocenters. The maximum Gasteiger partial charge on any atom is 0.232 e. The van der Waals surface area contributed by atoms with Crippen LogP contribution in [0.15, 0.2) is 60.7 Å². The highest BCUT2D eigenvalue weighted by Crippen LogP contribution is 2.51. The molecule has 0 spiro atoms. The van der Waals surface area contributed by atoms with Gasteiger partial charge < -0.3 is 20.4 Å². The third kappa shape index (κ3) is 6.96. The van der Waals surface area contributed by atoms with E-state index in [-0.39, 0.29) is 11.1 Å². The van der Waals surface area contributed by atoms with E-state index >= 15 is 0 Å². The molecule has 43 heavy (non-hydrogen) atoms. The molecule has 2 aromatic carbocycles. The minimum Gasteiger partial charge on any atom is -0.357 e. The van der Waals surface area contributed by atoms with E-state index in [0.717, 1.165) is 50.7 Å². The molecule has 3 aromatic rings. The van der Waals surface area contributed by atoms with Gasteiger partial charge >= 0.3 is 0 Å². The van der Waals surface area contributed by atoms with E-state index < -0.39 is 0 Å². The second-order valence-electron chi connectivity index (χ2n) is 12.6. The van der Waals surface area contributed by atoms with E-state index in [4.69, 9.17) is 15.0 Å². The van der Waals surface area contributed by atoms with Crippen molar-refractivity contribution in [2.75, 3.05) is 69.5 Å². The Hall–Kier alpha value is -3.23. The van der Waals surface area contributed by atoms with Crippen LogP contribution in [0.2, 0.25) is 0 Å². The van der Waals surface area contributed by atoms with Crippen molar-refractivity contribution < 1.29 is 0 Å². The minimum absolute atomic E-state index is 0.00851. The van der Waals surface area contributed by atoms with Crippen molar-refractivity contribution >= 4 is 17.8 Å². The summed E-state index contributed by atoms with van der Waals surface area (Å²) in [7, 11) is 8.51. The van der Waals surface area contributed by atoms with E-state index in [9.17, 15) is 0 Å². The maximum absolute atomic E-state index is 5.06. The largest absolute Gasteiger partial charge is 0.357 e. The molecule has 0 amide bonds. The highest BCUT2D eigenvalue weighted by molar-refractivity contribution is 5.49. The van der Waals surface area contributed by atoms with Gasteiger partial charge in [-0.2, -0.15) is 15.0 Å². The maximum atomic E-state index is 5.06. The molecule has 2 saturated heterocycles. The zero-order valence-electron chi connectivity index (χ0n) is 26.9. The monoisotopic (exact) mass is 584 g/mol. The van der Waals surface area contributed by atoms with Crippen LogP contribution in [-0.4, -0.2) is 74.2 Å². The van der Waals surface area contributed by atoms with Crippen LogP contribution >= 0.6 is 0 Å². The number of rotatable bonds is 7. The first kappa shape index (κ1) is 31.2. The van der Waals surface area contributed by atoms with Crippen LogP contribution in [0.1, 0.15) is 75.3 Å². The number of aromatic nitrogens is 3. The second kappa shape index (κ2) is 14.5. The van der Waals surface area contributed by atoms with Gasteiger partial charge in [0.25, 0.3) is 0 Å². The quantitative estimate of drug-likeness (QED) is 0.349. The third-order valence-corrected chi connectivity index (χ3v) is 10.0. The number of piperidine rings is 2. The summed E-state index contributed by atoms with van der Waals surface area (Å²) in [5.74, 6) is 2.15. The summed E-state index contributed by atoms with van der Waals surface area (Å²) in [5.41, 5.74) is 2.52. The van der Waals surface area contributed by atoms with Crippen LogP contribution in [0.3, 0.4) is 0 Å². The average Bonchev–Trinajstić information content (AvgIpc) is 3.10. The van der Waals surface area contributed by atoms with Crippen molar-refractivity contribution in [3.8, 4) is 0 Å². The summed E-state index contributed by atoms with van der Waals surface area (Å²) in [6.07, 6.45) is 12.0. The average molecular weight is 585 g/mol. The van der Waals surface area contributed by atoms with Gasteiger partial charge in [0.1, 0.15) is 0 Å². The highest BCUT2D eigenvalue weighted by atomic mass is 15.4. The molecular weight excluding hydrogens is 532 g/mol. The van der Waals surface area contributed by atoms with Crippen LogP contribution in [0.5, 0.6) is 0 Å². The molecule has 0 radical (unpaired) electrons. The fraction of sp³-hybridized carbons (Fsp3) is 0.571. The normalized spacial score (nSPS) is 24.2. The zero-order chi connectivity index (χ0) is 30.1. The summed E-state index contributed by atoms with van der Waals surface area (Å²) in [6, 6.07) is 22.0. The van der Waals surface area contributed by atoms with Crippen molar-refractivity contribution in [3.05, 3.63) is 71.8 Å². The molecule has 0 bridgehead atoms. The minimum atomic E-state index is -0.207.